The summed E-state index contributed by atoms with van der Waals surface area (Å²) >= 11 is 0. The van der Waals surface area contributed by atoms with E-state index in [4.69, 9.17) is 15.2 Å². The largest absolute Gasteiger partial charge is 0.550 e. The second kappa shape index (κ2) is 8.52. The third-order valence-electron chi connectivity index (χ3n) is 2.42. The quantitative estimate of drug-likeness (QED) is 0.479. The predicted molar refractivity (Wildman–Crippen MR) is 53.0 cm³/mol. The molecule has 0 N–H and O–H groups in total. The molecule has 0 aliphatic heterocycles. The van der Waals surface area contributed by atoms with Crippen molar-refractivity contribution in [2.45, 2.75) is 27.7 Å². The van der Waals surface area contributed by atoms with E-state index in [1.165, 1.54) is 0 Å². The van der Waals surface area contributed by atoms with Crippen molar-refractivity contribution in [1.82, 2.24) is 0 Å². The molecule has 0 saturated heterocycles. The van der Waals surface area contributed by atoms with Gasteiger partial charge in [0.1, 0.15) is 6.07 Å². The van der Waals surface area contributed by atoms with Gasteiger partial charge in [-0.15, -0.1) is 0 Å². The van der Waals surface area contributed by atoms with Gasteiger partial charge in [0.05, 0.1) is 19.6 Å². The van der Waals surface area contributed by atoms with E-state index < -0.39 is 5.97 Å². The van der Waals surface area contributed by atoms with Crippen molar-refractivity contribution in [3.8, 4) is 6.07 Å². The molecule has 0 aromatic rings. The molecular formula is C10H20N2O2. The van der Waals surface area contributed by atoms with Crippen molar-refractivity contribution in [1.29, 1.82) is 5.26 Å². The summed E-state index contributed by atoms with van der Waals surface area (Å²) in [4.78, 5) is 8.89. The number of carboxylic acids is 1. The average Bonchev–Trinajstić information content (AvgIpc) is 2.14. The van der Waals surface area contributed by atoms with E-state index in [0.29, 0.717) is 6.54 Å². The Balaban J connectivity index is 0. The highest BCUT2D eigenvalue weighted by molar-refractivity contribution is 5.60. The van der Waals surface area contributed by atoms with Gasteiger partial charge >= 0.3 is 0 Å². The molecule has 82 valence electrons. The zero-order valence-electron chi connectivity index (χ0n) is 9.54. The second-order valence-corrected chi connectivity index (χ2v) is 3.10. The molecule has 0 atom stereocenters. The molecule has 0 aromatic heterocycles. The van der Waals surface area contributed by atoms with Gasteiger partial charge in [-0.25, -0.2) is 0 Å². The van der Waals surface area contributed by atoms with Crippen molar-refractivity contribution in [2.75, 3.05) is 26.2 Å². The van der Waals surface area contributed by atoms with Gasteiger partial charge in [0.2, 0.25) is 0 Å². The lowest BCUT2D eigenvalue weighted by molar-refractivity contribution is -0.916. The highest BCUT2D eigenvalue weighted by Gasteiger charge is 2.18. The van der Waals surface area contributed by atoms with E-state index in [1.807, 2.05) is 0 Å². The maximum atomic E-state index is 8.89. The first-order valence-electron chi connectivity index (χ1n) is 4.87. The molecule has 0 spiro atoms. The normalized spacial score (nSPS) is 9.64. The van der Waals surface area contributed by atoms with Crippen LogP contribution in [0.4, 0.5) is 0 Å². The van der Waals surface area contributed by atoms with Crippen LogP contribution in [0.2, 0.25) is 0 Å². The number of carbonyl (C=O) groups is 1. The summed E-state index contributed by atoms with van der Waals surface area (Å²) in [6.45, 7) is 11.3. The van der Waals surface area contributed by atoms with E-state index >= 15 is 0 Å². The van der Waals surface area contributed by atoms with Crippen LogP contribution in [-0.2, 0) is 4.79 Å². The van der Waals surface area contributed by atoms with E-state index in [1.54, 1.807) is 0 Å². The van der Waals surface area contributed by atoms with E-state index in [0.717, 1.165) is 31.0 Å². The van der Waals surface area contributed by atoms with Crippen molar-refractivity contribution in [3.05, 3.63) is 0 Å². The highest BCUT2D eigenvalue weighted by atomic mass is 16.4. The van der Waals surface area contributed by atoms with Crippen LogP contribution in [0.1, 0.15) is 27.7 Å². The van der Waals surface area contributed by atoms with Crippen LogP contribution < -0.4 is 5.11 Å². The minimum atomic E-state index is -1.08. The van der Waals surface area contributed by atoms with Crippen LogP contribution in [0.25, 0.3) is 0 Å². The van der Waals surface area contributed by atoms with Crippen LogP contribution >= 0.6 is 0 Å². The van der Waals surface area contributed by atoms with E-state index in [9.17, 15) is 0 Å². The van der Waals surface area contributed by atoms with Crippen LogP contribution in [0, 0.1) is 11.3 Å². The molecule has 0 saturated carbocycles. The van der Waals surface area contributed by atoms with Gasteiger partial charge in [-0.2, -0.15) is 5.26 Å². The SMILES string of the molecule is CC(=O)[O-].CC[N+](CC)(CC)CC#N. The maximum absolute atomic E-state index is 8.89. The monoisotopic (exact) mass is 200 g/mol. The Hall–Kier alpha value is -1.08. The second-order valence-electron chi connectivity index (χ2n) is 3.10. The number of quaternary nitrogens is 1. The Morgan fingerprint density at radius 1 is 1.29 bits per heavy atom. The molecule has 0 unspecified atom stereocenters. The van der Waals surface area contributed by atoms with Crippen molar-refractivity contribution >= 4 is 5.97 Å². The molecule has 14 heavy (non-hydrogen) atoms. The van der Waals surface area contributed by atoms with Gasteiger partial charge in [0.15, 0.2) is 6.54 Å². The molecule has 4 heteroatoms. The molecule has 0 aliphatic rings. The molecule has 0 amide bonds. The maximum Gasteiger partial charge on any atom is 0.166 e. The van der Waals surface area contributed by atoms with Crippen LogP contribution in [-0.4, -0.2) is 36.6 Å². The molecule has 4 nitrogen and oxygen atoms in total. The summed E-state index contributed by atoms with van der Waals surface area (Å²) in [5, 5.41) is 17.4. The summed E-state index contributed by atoms with van der Waals surface area (Å²) in [5.41, 5.74) is 0. The molecule has 0 radical (unpaired) electrons. The standard InChI is InChI=1S/C8H17N2.C2H4O2/c1-4-10(5-2,6-3)8-7-9;1-2(3)4/h4-6,8H2,1-3H3;1H3,(H,3,4)/q+1;/p-1. The fraction of sp³-hybridized carbons (Fsp3) is 0.800. The number of rotatable bonds is 4. The number of carbonyl (C=O) groups excluding carboxylic acids is 1. The zero-order valence-corrected chi connectivity index (χ0v) is 9.54. The lowest BCUT2D eigenvalue weighted by Gasteiger charge is -2.32. The summed E-state index contributed by atoms with van der Waals surface area (Å²) in [7, 11) is 0. The molecule has 0 heterocycles. The minimum Gasteiger partial charge on any atom is -0.550 e. The number of aliphatic carboxylic acids is 1. The van der Waals surface area contributed by atoms with Crippen LogP contribution in [0.15, 0.2) is 0 Å². The number of nitrogens with zero attached hydrogens (tertiary/aromatic N) is 2. The molecule has 0 fully saturated rings. The Labute approximate surface area is 86.3 Å². The Morgan fingerprint density at radius 3 is 1.64 bits per heavy atom. The number of hydrogen-bond donors (Lipinski definition) is 0. The summed E-state index contributed by atoms with van der Waals surface area (Å²) in [5.74, 6) is -1.08. The van der Waals surface area contributed by atoms with Gasteiger partial charge in [0.25, 0.3) is 0 Å². The Bertz CT molecular complexity index is 181. The molecule has 0 aromatic carbocycles. The number of nitriles is 1. The van der Waals surface area contributed by atoms with E-state index in [2.05, 4.69) is 26.8 Å². The Morgan fingerprint density at radius 2 is 1.57 bits per heavy atom. The van der Waals surface area contributed by atoms with Crippen molar-refractivity contribution < 1.29 is 14.4 Å². The predicted octanol–water partition coefficient (Wildman–Crippen LogP) is 0.143. The number of hydrogen-bond acceptors (Lipinski definition) is 3. The highest BCUT2D eigenvalue weighted by Crippen LogP contribution is 2.03. The summed E-state index contributed by atoms with van der Waals surface area (Å²) in [6.07, 6.45) is 0. The Kier molecular flexibility index (Phi) is 9.36. The van der Waals surface area contributed by atoms with E-state index in [-0.39, 0.29) is 0 Å². The first-order chi connectivity index (χ1) is 6.47. The molecule has 0 aliphatic carbocycles. The lowest BCUT2D eigenvalue weighted by atomic mass is 10.3. The van der Waals surface area contributed by atoms with Crippen molar-refractivity contribution in [2.24, 2.45) is 0 Å². The van der Waals surface area contributed by atoms with Gasteiger partial charge in [-0.3, -0.25) is 0 Å². The smallest absolute Gasteiger partial charge is 0.166 e. The van der Waals surface area contributed by atoms with Gasteiger partial charge < -0.3 is 14.4 Å². The molecular weight excluding hydrogens is 180 g/mol. The topological polar surface area (TPSA) is 63.9 Å². The summed E-state index contributed by atoms with van der Waals surface area (Å²) < 4.78 is 0.941. The average molecular weight is 200 g/mol. The first kappa shape index (κ1) is 15.4. The van der Waals surface area contributed by atoms with Crippen LogP contribution in [0.5, 0.6) is 0 Å². The lowest BCUT2D eigenvalue weighted by Crippen LogP contribution is -2.47. The third-order valence-corrected chi connectivity index (χ3v) is 2.42. The van der Waals surface area contributed by atoms with Gasteiger partial charge in [-0.05, 0) is 27.7 Å². The van der Waals surface area contributed by atoms with Gasteiger partial charge in [-0.1, -0.05) is 0 Å². The zero-order chi connectivity index (χ0) is 11.6. The van der Waals surface area contributed by atoms with Crippen LogP contribution in [0.3, 0.4) is 0 Å². The molecule has 0 rings (SSSR count). The molecule has 0 bridgehead atoms. The first-order valence-corrected chi connectivity index (χ1v) is 4.87. The van der Waals surface area contributed by atoms with Crippen molar-refractivity contribution in [3.63, 3.8) is 0 Å². The third kappa shape index (κ3) is 7.56. The number of carboxylic acid groups (broad SMARTS) is 1. The minimum absolute atomic E-state index is 0.656. The fourth-order valence-corrected chi connectivity index (χ4v) is 1.16. The van der Waals surface area contributed by atoms with Gasteiger partial charge in [0, 0.05) is 5.97 Å². The fourth-order valence-electron chi connectivity index (χ4n) is 1.16. The summed E-state index contributed by atoms with van der Waals surface area (Å²) in [6, 6.07) is 2.23.